The lowest BCUT2D eigenvalue weighted by Gasteiger charge is -2.44. The van der Waals surface area contributed by atoms with E-state index in [2.05, 4.69) is 10.6 Å². The highest BCUT2D eigenvalue weighted by Crippen LogP contribution is 2.45. The van der Waals surface area contributed by atoms with Crippen molar-refractivity contribution in [3.8, 4) is 0 Å². The molecule has 2 saturated carbocycles. The minimum Gasteiger partial charge on any atom is -0.352 e. The Labute approximate surface area is 172 Å². The van der Waals surface area contributed by atoms with Gasteiger partial charge in [-0.1, -0.05) is 36.2 Å². The molecule has 7 heteroatoms. The van der Waals surface area contributed by atoms with Crippen LogP contribution in [-0.4, -0.2) is 23.8 Å². The zero-order valence-corrected chi connectivity index (χ0v) is 16.4. The smallest absolute Gasteiger partial charge is 0.255 e. The second kappa shape index (κ2) is 7.41. The fourth-order valence-corrected chi connectivity index (χ4v) is 4.16. The molecule has 0 spiro atoms. The molecule has 4 rings (SSSR count). The Hall–Kier alpha value is -2.47. The van der Waals surface area contributed by atoms with Crippen LogP contribution in [0, 0.1) is 0 Å². The molecule has 2 aliphatic rings. The van der Waals surface area contributed by atoms with Gasteiger partial charge in [-0.2, -0.15) is 0 Å². The second-order valence-electron chi connectivity index (χ2n) is 7.91. The van der Waals surface area contributed by atoms with Gasteiger partial charge < -0.3 is 10.6 Å². The first-order valence-electron chi connectivity index (χ1n) is 9.64. The summed E-state index contributed by atoms with van der Waals surface area (Å²) in [7, 11) is 0. The highest BCUT2D eigenvalue weighted by Gasteiger charge is 2.50. The molecule has 2 aliphatic carbocycles. The third-order valence-corrected chi connectivity index (χ3v) is 6.08. The molecule has 0 bridgehead atoms. The number of hydrogen-bond donors (Lipinski definition) is 2. The molecule has 0 unspecified atom stereocenters. The van der Waals surface area contributed by atoms with E-state index in [0.29, 0.717) is 29.1 Å². The van der Waals surface area contributed by atoms with Crippen LogP contribution in [0.2, 0.25) is 5.02 Å². The second-order valence-corrected chi connectivity index (χ2v) is 8.35. The third-order valence-electron chi connectivity index (χ3n) is 5.85. The van der Waals surface area contributed by atoms with E-state index < -0.39 is 17.4 Å². The maximum absolute atomic E-state index is 13.1. The Morgan fingerprint density at radius 3 is 2.28 bits per heavy atom. The van der Waals surface area contributed by atoms with E-state index in [1.807, 2.05) is 12.1 Å². The van der Waals surface area contributed by atoms with Gasteiger partial charge in [0.05, 0.1) is 5.41 Å². The Bertz CT molecular complexity index is 934. The first-order chi connectivity index (χ1) is 13.8. The average molecular weight is 419 g/mol. The lowest BCUT2D eigenvalue weighted by atomic mass is 9.63. The van der Waals surface area contributed by atoms with Crippen molar-refractivity contribution < 1.29 is 18.4 Å². The third kappa shape index (κ3) is 3.99. The summed E-state index contributed by atoms with van der Waals surface area (Å²) in [5.41, 5.74) is 1.23. The van der Waals surface area contributed by atoms with Gasteiger partial charge in [0.2, 0.25) is 5.91 Å². The van der Waals surface area contributed by atoms with Crippen LogP contribution in [0.1, 0.15) is 48.0 Å². The van der Waals surface area contributed by atoms with Gasteiger partial charge in [0.1, 0.15) is 0 Å². The van der Waals surface area contributed by atoms with Crippen LogP contribution in [0.3, 0.4) is 0 Å². The summed E-state index contributed by atoms with van der Waals surface area (Å²) >= 11 is 5.92. The quantitative estimate of drug-likeness (QED) is 0.723. The summed E-state index contributed by atoms with van der Waals surface area (Å²) in [5.74, 6) is -3.12. The maximum atomic E-state index is 13.1. The van der Waals surface area contributed by atoms with Crippen LogP contribution in [0.25, 0.3) is 0 Å². The Morgan fingerprint density at radius 2 is 1.72 bits per heavy atom. The van der Waals surface area contributed by atoms with Gasteiger partial charge in [-0.25, -0.2) is 8.78 Å². The molecule has 0 aromatic heterocycles. The van der Waals surface area contributed by atoms with Crippen molar-refractivity contribution >= 4 is 29.1 Å². The molecule has 0 heterocycles. The predicted molar refractivity (Wildman–Crippen MR) is 107 cm³/mol. The van der Waals surface area contributed by atoms with Crippen molar-refractivity contribution in [1.29, 1.82) is 0 Å². The number of hydrogen-bond acceptors (Lipinski definition) is 2. The molecular formula is C22H21ClF2N2O2. The van der Waals surface area contributed by atoms with Crippen molar-refractivity contribution in [3.05, 3.63) is 64.7 Å². The zero-order chi connectivity index (χ0) is 20.6. The van der Waals surface area contributed by atoms with E-state index in [-0.39, 0.29) is 24.7 Å². The first-order valence-corrected chi connectivity index (χ1v) is 10.0. The van der Waals surface area contributed by atoms with Crippen molar-refractivity contribution in [2.75, 3.05) is 5.32 Å². The van der Waals surface area contributed by atoms with E-state index in [0.717, 1.165) is 12.0 Å². The standard InChI is InChI=1S/C22H21ClF2N2O2/c23-16-4-1-3-14(11-16)19(28)26-17-7-5-15(6-8-17)21(9-2-10-21)20(29)27-18-12-22(24,25)13-18/h1,3-8,11,18H,2,9-10,12-13H2,(H,26,28)(H,27,29). The topological polar surface area (TPSA) is 58.2 Å². The van der Waals surface area contributed by atoms with Crippen molar-refractivity contribution in [2.24, 2.45) is 0 Å². The highest BCUT2D eigenvalue weighted by atomic mass is 35.5. The van der Waals surface area contributed by atoms with Crippen LogP contribution in [-0.2, 0) is 10.2 Å². The average Bonchev–Trinajstić information content (AvgIpc) is 2.60. The molecule has 0 atom stereocenters. The van der Waals surface area contributed by atoms with Crippen molar-refractivity contribution in [1.82, 2.24) is 5.32 Å². The molecule has 0 saturated heterocycles. The van der Waals surface area contributed by atoms with Crippen LogP contribution < -0.4 is 10.6 Å². The first kappa shape index (κ1) is 19.8. The molecule has 0 radical (unpaired) electrons. The predicted octanol–water partition coefficient (Wildman–Crippen LogP) is 4.93. The number of nitrogens with one attached hydrogen (secondary N) is 2. The molecule has 2 fully saturated rings. The lowest BCUT2D eigenvalue weighted by Crippen LogP contribution is -2.57. The SMILES string of the molecule is O=C(Nc1ccc(C2(C(=O)NC3CC(F)(F)C3)CCC2)cc1)c1cccc(Cl)c1. The van der Waals surface area contributed by atoms with E-state index in [1.165, 1.54) is 0 Å². The monoisotopic (exact) mass is 418 g/mol. The molecule has 2 aromatic rings. The molecule has 29 heavy (non-hydrogen) atoms. The summed E-state index contributed by atoms with van der Waals surface area (Å²) in [6.07, 6.45) is 1.72. The number of rotatable bonds is 5. The summed E-state index contributed by atoms with van der Waals surface area (Å²) in [4.78, 5) is 25.1. The van der Waals surface area contributed by atoms with Crippen LogP contribution in [0.4, 0.5) is 14.5 Å². The minimum atomic E-state index is -2.66. The molecular weight excluding hydrogens is 398 g/mol. The number of anilines is 1. The van der Waals surface area contributed by atoms with E-state index in [9.17, 15) is 18.4 Å². The van der Waals surface area contributed by atoms with Gasteiger partial charge in [-0.05, 0) is 48.7 Å². The fourth-order valence-electron chi connectivity index (χ4n) is 3.97. The molecule has 0 aliphatic heterocycles. The van der Waals surface area contributed by atoms with E-state index in [1.54, 1.807) is 36.4 Å². The molecule has 4 nitrogen and oxygen atoms in total. The lowest BCUT2D eigenvalue weighted by molar-refractivity contribution is -0.137. The summed E-state index contributed by atoms with van der Waals surface area (Å²) < 4.78 is 26.1. The highest BCUT2D eigenvalue weighted by molar-refractivity contribution is 6.31. The van der Waals surface area contributed by atoms with Gasteiger partial charge >= 0.3 is 0 Å². The van der Waals surface area contributed by atoms with E-state index in [4.69, 9.17) is 11.6 Å². The zero-order valence-electron chi connectivity index (χ0n) is 15.7. The van der Waals surface area contributed by atoms with Gasteiger partial charge in [0.15, 0.2) is 0 Å². The van der Waals surface area contributed by atoms with Crippen molar-refractivity contribution in [2.45, 2.75) is 49.5 Å². The van der Waals surface area contributed by atoms with Gasteiger partial charge in [0, 0.05) is 35.2 Å². The Kier molecular flexibility index (Phi) is 5.07. The number of alkyl halides is 2. The summed E-state index contributed by atoms with van der Waals surface area (Å²) in [6.45, 7) is 0. The number of benzene rings is 2. The van der Waals surface area contributed by atoms with Crippen LogP contribution in [0.5, 0.6) is 0 Å². The van der Waals surface area contributed by atoms with Crippen molar-refractivity contribution in [3.63, 3.8) is 0 Å². The summed E-state index contributed by atoms with van der Waals surface area (Å²) in [5, 5.41) is 6.07. The minimum absolute atomic E-state index is 0.181. The van der Waals surface area contributed by atoms with Gasteiger partial charge in [0.25, 0.3) is 11.8 Å². The normalized spacial score (nSPS) is 19.6. The number of amides is 2. The summed E-state index contributed by atoms with van der Waals surface area (Å²) in [6, 6.07) is 13.4. The number of carbonyl (C=O) groups is 2. The van der Waals surface area contributed by atoms with Crippen LogP contribution in [0.15, 0.2) is 48.5 Å². The van der Waals surface area contributed by atoms with Crippen LogP contribution >= 0.6 is 11.6 Å². The molecule has 2 aromatic carbocycles. The number of carbonyl (C=O) groups excluding carboxylic acids is 2. The van der Waals surface area contributed by atoms with E-state index >= 15 is 0 Å². The molecule has 152 valence electrons. The maximum Gasteiger partial charge on any atom is 0.255 e. The fraction of sp³-hybridized carbons (Fsp3) is 0.364. The van der Waals surface area contributed by atoms with Gasteiger partial charge in [-0.15, -0.1) is 0 Å². The largest absolute Gasteiger partial charge is 0.352 e. The number of halogens is 3. The Balaban J connectivity index is 1.43. The molecule has 2 N–H and O–H groups in total. The molecule has 2 amide bonds. The Morgan fingerprint density at radius 1 is 1.03 bits per heavy atom. The van der Waals surface area contributed by atoms with Gasteiger partial charge in [-0.3, -0.25) is 9.59 Å².